The maximum absolute atomic E-state index is 11.6. The van der Waals surface area contributed by atoms with Crippen molar-refractivity contribution < 1.29 is 9.90 Å². The summed E-state index contributed by atoms with van der Waals surface area (Å²) in [7, 11) is 2.17. The van der Waals surface area contributed by atoms with Gasteiger partial charge in [0.1, 0.15) is 0 Å². The Bertz CT molecular complexity index is 267. The standard InChI is InChI=1S/C14H28N2O2/c1-14(2,11-15-13(18)7-5-9-17)12-6-4-8-16(3)10-12/h12,17H,4-11H2,1-3H3,(H,15,18). The molecule has 0 spiro atoms. The van der Waals surface area contributed by atoms with Crippen molar-refractivity contribution in [1.82, 2.24) is 10.2 Å². The highest BCUT2D eigenvalue weighted by molar-refractivity contribution is 5.75. The second kappa shape index (κ2) is 7.10. The van der Waals surface area contributed by atoms with Gasteiger partial charge < -0.3 is 15.3 Å². The predicted molar refractivity (Wildman–Crippen MR) is 73.3 cm³/mol. The zero-order chi connectivity index (χ0) is 13.6. The lowest BCUT2D eigenvalue weighted by molar-refractivity contribution is -0.122. The molecule has 0 aromatic carbocycles. The second-order valence-corrected chi connectivity index (χ2v) is 6.19. The molecule has 0 aromatic rings. The van der Waals surface area contributed by atoms with Gasteiger partial charge in [0.15, 0.2) is 0 Å². The van der Waals surface area contributed by atoms with Crippen LogP contribution in [0.2, 0.25) is 0 Å². The molecule has 1 aliphatic rings. The molecule has 1 aliphatic heterocycles. The molecule has 1 fully saturated rings. The lowest BCUT2D eigenvalue weighted by atomic mass is 9.74. The maximum Gasteiger partial charge on any atom is 0.220 e. The molecule has 4 nitrogen and oxygen atoms in total. The van der Waals surface area contributed by atoms with Crippen LogP contribution in [0.15, 0.2) is 0 Å². The summed E-state index contributed by atoms with van der Waals surface area (Å²) in [6, 6.07) is 0. The van der Waals surface area contributed by atoms with Gasteiger partial charge in [0.25, 0.3) is 0 Å². The zero-order valence-electron chi connectivity index (χ0n) is 12.0. The normalized spacial score (nSPS) is 21.9. The summed E-state index contributed by atoms with van der Waals surface area (Å²) in [5.41, 5.74) is 0.142. The molecular weight excluding hydrogens is 228 g/mol. The molecule has 0 bridgehead atoms. The topological polar surface area (TPSA) is 52.6 Å². The van der Waals surface area contributed by atoms with Crippen molar-refractivity contribution in [3.8, 4) is 0 Å². The molecule has 106 valence electrons. The molecule has 1 saturated heterocycles. The van der Waals surface area contributed by atoms with E-state index in [0.717, 1.165) is 13.1 Å². The number of nitrogens with zero attached hydrogens (tertiary/aromatic N) is 1. The highest BCUT2D eigenvalue weighted by Crippen LogP contribution is 2.32. The Morgan fingerprint density at radius 3 is 2.83 bits per heavy atom. The second-order valence-electron chi connectivity index (χ2n) is 6.19. The maximum atomic E-state index is 11.6. The van der Waals surface area contributed by atoms with Crippen molar-refractivity contribution in [2.75, 3.05) is 33.3 Å². The van der Waals surface area contributed by atoms with E-state index >= 15 is 0 Å². The molecule has 2 N–H and O–H groups in total. The number of hydrogen-bond donors (Lipinski definition) is 2. The number of aliphatic hydroxyl groups excluding tert-OH is 1. The predicted octanol–water partition coefficient (Wildman–Crippen LogP) is 1.24. The van der Waals surface area contributed by atoms with Gasteiger partial charge in [0.2, 0.25) is 5.91 Å². The summed E-state index contributed by atoms with van der Waals surface area (Å²) in [4.78, 5) is 13.9. The molecule has 1 rings (SSSR count). The van der Waals surface area contributed by atoms with Crippen LogP contribution in [-0.2, 0) is 4.79 Å². The number of hydrogen-bond acceptors (Lipinski definition) is 3. The van der Waals surface area contributed by atoms with E-state index < -0.39 is 0 Å². The number of piperidine rings is 1. The number of aliphatic hydroxyl groups is 1. The van der Waals surface area contributed by atoms with Crippen LogP contribution in [0.3, 0.4) is 0 Å². The molecule has 4 heteroatoms. The highest BCUT2D eigenvalue weighted by atomic mass is 16.3. The minimum absolute atomic E-state index is 0.0567. The Labute approximate surface area is 111 Å². The molecule has 1 atom stereocenters. The van der Waals surface area contributed by atoms with Gasteiger partial charge in [-0.2, -0.15) is 0 Å². The fourth-order valence-electron chi connectivity index (χ4n) is 2.60. The van der Waals surface area contributed by atoms with Crippen LogP contribution >= 0.6 is 0 Å². The van der Waals surface area contributed by atoms with E-state index in [-0.39, 0.29) is 17.9 Å². The first kappa shape index (κ1) is 15.4. The molecule has 0 aliphatic carbocycles. The molecule has 1 unspecified atom stereocenters. The smallest absolute Gasteiger partial charge is 0.220 e. The van der Waals surface area contributed by atoms with Gasteiger partial charge in [-0.05, 0) is 44.2 Å². The third-order valence-electron chi connectivity index (χ3n) is 4.03. The van der Waals surface area contributed by atoms with Gasteiger partial charge in [-0.3, -0.25) is 4.79 Å². The van der Waals surface area contributed by atoms with Crippen LogP contribution < -0.4 is 5.32 Å². The first-order valence-electron chi connectivity index (χ1n) is 7.02. The van der Waals surface area contributed by atoms with Gasteiger partial charge in [0, 0.05) is 26.1 Å². The first-order chi connectivity index (χ1) is 8.45. The van der Waals surface area contributed by atoms with Crippen molar-refractivity contribution in [2.24, 2.45) is 11.3 Å². The quantitative estimate of drug-likeness (QED) is 0.752. The summed E-state index contributed by atoms with van der Waals surface area (Å²) < 4.78 is 0. The van der Waals surface area contributed by atoms with Gasteiger partial charge in [-0.15, -0.1) is 0 Å². The minimum atomic E-state index is 0.0567. The third kappa shape index (κ3) is 4.94. The third-order valence-corrected chi connectivity index (χ3v) is 4.03. The average molecular weight is 256 g/mol. The van der Waals surface area contributed by atoms with E-state index in [0.29, 0.717) is 18.8 Å². The molecule has 1 amide bonds. The van der Waals surface area contributed by atoms with Gasteiger partial charge in [-0.1, -0.05) is 13.8 Å². The molecule has 0 radical (unpaired) electrons. The lowest BCUT2D eigenvalue weighted by Gasteiger charge is -2.40. The van der Waals surface area contributed by atoms with Gasteiger partial charge in [-0.25, -0.2) is 0 Å². The van der Waals surface area contributed by atoms with Crippen LogP contribution in [0.1, 0.15) is 39.5 Å². The molecular formula is C14H28N2O2. The van der Waals surface area contributed by atoms with Gasteiger partial charge in [0.05, 0.1) is 0 Å². The van der Waals surface area contributed by atoms with E-state index in [4.69, 9.17) is 5.11 Å². The summed E-state index contributed by atoms with van der Waals surface area (Å²) >= 11 is 0. The van der Waals surface area contributed by atoms with Crippen molar-refractivity contribution in [1.29, 1.82) is 0 Å². The van der Waals surface area contributed by atoms with Gasteiger partial charge >= 0.3 is 0 Å². The number of nitrogens with one attached hydrogen (secondary N) is 1. The first-order valence-corrected chi connectivity index (χ1v) is 7.02. The van der Waals surface area contributed by atoms with Crippen LogP contribution in [-0.4, -0.2) is 49.2 Å². The Hall–Kier alpha value is -0.610. The number of carbonyl (C=O) groups is 1. The van der Waals surface area contributed by atoms with E-state index in [1.165, 1.54) is 19.4 Å². The zero-order valence-corrected chi connectivity index (χ0v) is 12.0. The SMILES string of the molecule is CN1CCCC(C(C)(C)CNC(=O)CCCO)C1. The fourth-order valence-corrected chi connectivity index (χ4v) is 2.60. The van der Waals surface area contributed by atoms with E-state index in [9.17, 15) is 4.79 Å². The van der Waals surface area contributed by atoms with Crippen LogP contribution in [0, 0.1) is 11.3 Å². The van der Waals surface area contributed by atoms with E-state index in [2.05, 4.69) is 31.1 Å². The van der Waals surface area contributed by atoms with E-state index in [1.807, 2.05) is 0 Å². The van der Waals surface area contributed by atoms with E-state index in [1.54, 1.807) is 0 Å². The largest absolute Gasteiger partial charge is 0.396 e. The summed E-state index contributed by atoms with van der Waals surface area (Å²) in [6.45, 7) is 7.61. The van der Waals surface area contributed by atoms with Crippen molar-refractivity contribution in [3.63, 3.8) is 0 Å². The Kier molecular flexibility index (Phi) is 6.09. The Morgan fingerprint density at radius 1 is 1.50 bits per heavy atom. The molecule has 18 heavy (non-hydrogen) atoms. The molecule has 1 heterocycles. The summed E-state index contributed by atoms with van der Waals surface area (Å²) in [6.07, 6.45) is 3.49. The van der Waals surface area contributed by atoms with Crippen molar-refractivity contribution in [3.05, 3.63) is 0 Å². The highest BCUT2D eigenvalue weighted by Gasteiger charge is 2.32. The Balaban J connectivity index is 2.36. The number of amides is 1. The minimum Gasteiger partial charge on any atom is -0.396 e. The number of likely N-dealkylation sites (tertiary alicyclic amines) is 1. The monoisotopic (exact) mass is 256 g/mol. The van der Waals surface area contributed by atoms with Crippen LogP contribution in [0.4, 0.5) is 0 Å². The lowest BCUT2D eigenvalue weighted by Crippen LogP contribution is -2.45. The fraction of sp³-hybridized carbons (Fsp3) is 0.929. The molecule has 0 aromatic heterocycles. The molecule has 0 saturated carbocycles. The average Bonchev–Trinajstić information content (AvgIpc) is 2.34. The Morgan fingerprint density at radius 2 is 2.22 bits per heavy atom. The van der Waals surface area contributed by atoms with Crippen molar-refractivity contribution in [2.45, 2.75) is 39.5 Å². The van der Waals surface area contributed by atoms with Crippen LogP contribution in [0.25, 0.3) is 0 Å². The number of carbonyl (C=O) groups excluding carboxylic acids is 1. The summed E-state index contributed by atoms with van der Waals surface area (Å²) in [5, 5.41) is 11.7. The summed E-state index contributed by atoms with van der Waals surface area (Å²) in [5.74, 6) is 0.704. The van der Waals surface area contributed by atoms with Crippen LogP contribution in [0.5, 0.6) is 0 Å². The van der Waals surface area contributed by atoms with Crippen molar-refractivity contribution >= 4 is 5.91 Å². The number of rotatable bonds is 6.